The molecule has 0 aliphatic carbocycles. The molecule has 0 aliphatic heterocycles. The van der Waals surface area contributed by atoms with E-state index >= 15 is 0 Å². The lowest BCUT2D eigenvalue weighted by atomic mass is 10.0. The predicted octanol–water partition coefficient (Wildman–Crippen LogP) is 2.77. The molecule has 0 fully saturated rings. The normalized spacial score (nSPS) is 13.5. The summed E-state index contributed by atoms with van der Waals surface area (Å²) in [5.41, 5.74) is 1.16. The van der Waals surface area contributed by atoms with Crippen LogP contribution in [0.15, 0.2) is 48.0 Å². The molecule has 3 heteroatoms. The molecule has 0 bridgehead atoms. The first-order valence-corrected chi connectivity index (χ1v) is 4.97. The maximum atomic E-state index is 12.0. The Morgan fingerprint density at radius 1 is 0.875 bits per heavy atom. The van der Waals surface area contributed by atoms with E-state index in [0.29, 0.717) is 11.1 Å². The molecule has 16 heavy (non-hydrogen) atoms. The first kappa shape index (κ1) is 14.2. The number of ketones is 1. The van der Waals surface area contributed by atoms with Crippen molar-refractivity contribution in [2.75, 3.05) is 14.2 Å². The van der Waals surface area contributed by atoms with Gasteiger partial charge >= 0.3 is 0 Å². The quantitative estimate of drug-likeness (QED) is 0.394. The van der Waals surface area contributed by atoms with Gasteiger partial charge < -0.3 is 9.47 Å². The number of methoxy groups -OCH3 is 2. The van der Waals surface area contributed by atoms with E-state index in [0.717, 1.165) is 0 Å². The SMILES string of the molecule is C/C=C(\C=C/OC)C(=O)C(/C=C\OC)=C/C. The minimum absolute atomic E-state index is 0.0633. The molecule has 0 rings (SSSR count). The molecular weight excluding hydrogens is 204 g/mol. The van der Waals surface area contributed by atoms with Crippen LogP contribution in [-0.2, 0) is 14.3 Å². The minimum Gasteiger partial charge on any atom is -0.504 e. The molecule has 0 unspecified atom stereocenters. The van der Waals surface area contributed by atoms with Gasteiger partial charge in [0.15, 0.2) is 5.78 Å². The van der Waals surface area contributed by atoms with E-state index in [4.69, 9.17) is 9.47 Å². The molecule has 0 saturated carbocycles. The summed E-state index contributed by atoms with van der Waals surface area (Å²) in [5, 5.41) is 0. The molecule has 0 heterocycles. The highest BCUT2D eigenvalue weighted by Crippen LogP contribution is 2.09. The fourth-order valence-corrected chi connectivity index (χ4v) is 1.06. The van der Waals surface area contributed by atoms with E-state index in [1.807, 2.05) is 0 Å². The van der Waals surface area contributed by atoms with Crippen molar-refractivity contribution in [2.45, 2.75) is 13.8 Å². The van der Waals surface area contributed by atoms with Crippen molar-refractivity contribution < 1.29 is 14.3 Å². The van der Waals surface area contributed by atoms with Gasteiger partial charge in [-0.05, 0) is 26.0 Å². The van der Waals surface area contributed by atoms with E-state index in [1.54, 1.807) is 38.2 Å². The van der Waals surface area contributed by atoms with E-state index < -0.39 is 0 Å². The van der Waals surface area contributed by atoms with Crippen LogP contribution in [0.2, 0.25) is 0 Å². The molecule has 0 aliphatic rings. The largest absolute Gasteiger partial charge is 0.504 e. The van der Waals surface area contributed by atoms with Gasteiger partial charge in [-0.1, -0.05) is 12.2 Å². The first-order chi connectivity index (χ1) is 7.71. The van der Waals surface area contributed by atoms with Gasteiger partial charge in [-0.2, -0.15) is 0 Å². The second-order valence-electron chi connectivity index (χ2n) is 2.89. The summed E-state index contributed by atoms with van der Waals surface area (Å²) in [6.07, 6.45) is 9.68. The van der Waals surface area contributed by atoms with Crippen LogP contribution in [-0.4, -0.2) is 20.0 Å². The minimum atomic E-state index is -0.0633. The van der Waals surface area contributed by atoms with Gasteiger partial charge in [0, 0.05) is 11.1 Å². The fraction of sp³-hybridized carbons (Fsp3) is 0.308. The Kier molecular flexibility index (Phi) is 7.59. The second kappa shape index (κ2) is 8.53. The lowest BCUT2D eigenvalue weighted by Crippen LogP contribution is -2.03. The van der Waals surface area contributed by atoms with Crippen molar-refractivity contribution in [3.05, 3.63) is 48.0 Å². The van der Waals surface area contributed by atoms with Crippen LogP contribution < -0.4 is 0 Å². The monoisotopic (exact) mass is 222 g/mol. The number of ether oxygens (including phenoxy) is 2. The summed E-state index contributed by atoms with van der Waals surface area (Å²) < 4.78 is 9.57. The molecular formula is C13H18O3. The summed E-state index contributed by atoms with van der Waals surface area (Å²) >= 11 is 0. The Hall–Kier alpha value is -1.77. The first-order valence-electron chi connectivity index (χ1n) is 4.97. The second-order valence-corrected chi connectivity index (χ2v) is 2.89. The van der Waals surface area contributed by atoms with Crippen molar-refractivity contribution in [3.8, 4) is 0 Å². The lowest BCUT2D eigenvalue weighted by molar-refractivity contribution is -0.111. The van der Waals surface area contributed by atoms with Crippen molar-refractivity contribution in [1.29, 1.82) is 0 Å². The number of Topliss-reactive ketones (excluding diaryl/α,β-unsaturated/α-hetero) is 1. The maximum Gasteiger partial charge on any atom is 0.192 e. The topological polar surface area (TPSA) is 35.5 Å². The molecule has 3 nitrogen and oxygen atoms in total. The summed E-state index contributed by atoms with van der Waals surface area (Å²) in [6.45, 7) is 3.61. The number of hydrogen-bond acceptors (Lipinski definition) is 3. The Labute approximate surface area is 96.7 Å². The van der Waals surface area contributed by atoms with Gasteiger partial charge in [-0.25, -0.2) is 0 Å². The molecule has 0 radical (unpaired) electrons. The molecule has 0 aromatic carbocycles. The van der Waals surface area contributed by atoms with Crippen LogP contribution in [0, 0.1) is 0 Å². The van der Waals surface area contributed by atoms with Crippen LogP contribution in [0.4, 0.5) is 0 Å². The van der Waals surface area contributed by atoms with Gasteiger partial charge in [-0.15, -0.1) is 0 Å². The third kappa shape index (κ3) is 4.64. The third-order valence-corrected chi connectivity index (χ3v) is 1.91. The lowest BCUT2D eigenvalue weighted by Gasteiger charge is -2.01. The van der Waals surface area contributed by atoms with Gasteiger partial charge in [0.2, 0.25) is 0 Å². The summed E-state index contributed by atoms with van der Waals surface area (Å²) in [5.74, 6) is -0.0633. The zero-order valence-electron chi connectivity index (χ0n) is 10.2. The van der Waals surface area contributed by atoms with E-state index in [2.05, 4.69) is 0 Å². The smallest absolute Gasteiger partial charge is 0.192 e. The van der Waals surface area contributed by atoms with Crippen LogP contribution in [0.3, 0.4) is 0 Å². The molecule has 0 saturated heterocycles. The molecule has 0 spiro atoms. The van der Waals surface area contributed by atoms with Crippen molar-refractivity contribution in [2.24, 2.45) is 0 Å². The van der Waals surface area contributed by atoms with Crippen LogP contribution in [0.1, 0.15) is 13.8 Å². The molecule has 0 amide bonds. The molecule has 0 aromatic rings. The van der Waals surface area contributed by atoms with Crippen LogP contribution in [0.25, 0.3) is 0 Å². The van der Waals surface area contributed by atoms with Gasteiger partial charge in [0.25, 0.3) is 0 Å². The number of carbonyl (C=O) groups excluding carboxylic acids is 1. The molecule has 0 atom stereocenters. The highest BCUT2D eigenvalue weighted by atomic mass is 16.5. The number of hydrogen-bond donors (Lipinski definition) is 0. The number of allylic oxidation sites excluding steroid dienone is 6. The standard InChI is InChI=1S/C13H18O3/c1-5-11(7-9-15-3)13(14)12(6-2)8-10-16-4/h5-10H,1-4H3/b9-7-,10-8-,11-5+,12-6+. The maximum absolute atomic E-state index is 12.0. The molecule has 0 N–H and O–H groups in total. The van der Waals surface area contributed by atoms with Crippen molar-refractivity contribution in [1.82, 2.24) is 0 Å². The van der Waals surface area contributed by atoms with Gasteiger partial charge in [-0.3, -0.25) is 4.79 Å². The fourth-order valence-electron chi connectivity index (χ4n) is 1.06. The van der Waals surface area contributed by atoms with Crippen LogP contribution >= 0.6 is 0 Å². The summed E-state index contributed by atoms with van der Waals surface area (Å²) in [4.78, 5) is 12.0. The zero-order valence-corrected chi connectivity index (χ0v) is 10.2. The summed E-state index contributed by atoms with van der Waals surface area (Å²) in [7, 11) is 3.07. The molecule has 88 valence electrons. The number of rotatable bonds is 6. The van der Waals surface area contributed by atoms with E-state index in [1.165, 1.54) is 26.7 Å². The van der Waals surface area contributed by atoms with E-state index in [-0.39, 0.29) is 5.78 Å². The predicted molar refractivity (Wildman–Crippen MR) is 64.8 cm³/mol. The highest BCUT2D eigenvalue weighted by Gasteiger charge is 2.09. The summed E-state index contributed by atoms with van der Waals surface area (Å²) in [6, 6.07) is 0. The van der Waals surface area contributed by atoms with Gasteiger partial charge in [0.1, 0.15) is 0 Å². The number of carbonyl (C=O) groups is 1. The van der Waals surface area contributed by atoms with Gasteiger partial charge in [0.05, 0.1) is 26.7 Å². The Morgan fingerprint density at radius 2 is 1.25 bits per heavy atom. The van der Waals surface area contributed by atoms with Crippen molar-refractivity contribution >= 4 is 5.78 Å². The Balaban J connectivity index is 4.87. The molecule has 0 aromatic heterocycles. The average Bonchev–Trinajstić information content (AvgIpc) is 2.31. The zero-order chi connectivity index (χ0) is 12.4. The van der Waals surface area contributed by atoms with Crippen LogP contribution in [0.5, 0.6) is 0 Å². The third-order valence-electron chi connectivity index (χ3n) is 1.91. The Bertz CT molecular complexity index is 301. The van der Waals surface area contributed by atoms with Crippen molar-refractivity contribution in [3.63, 3.8) is 0 Å². The highest BCUT2D eigenvalue weighted by molar-refractivity contribution is 6.11. The average molecular weight is 222 g/mol. The van der Waals surface area contributed by atoms with E-state index in [9.17, 15) is 4.79 Å². The Morgan fingerprint density at radius 3 is 1.50 bits per heavy atom.